The van der Waals surface area contributed by atoms with Gasteiger partial charge in [0, 0.05) is 10.8 Å². The Morgan fingerprint density at radius 2 is 1.96 bits per heavy atom. The highest BCUT2D eigenvalue weighted by molar-refractivity contribution is 7.89. The molecule has 2 N–H and O–H groups in total. The summed E-state index contributed by atoms with van der Waals surface area (Å²) in [5, 5.41) is 5.50. The summed E-state index contributed by atoms with van der Waals surface area (Å²) in [6.45, 7) is 0. The number of rotatable bonds is 4. The number of nitrogens with two attached hydrogens (primary N) is 1. The van der Waals surface area contributed by atoms with Crippen LogP contribution in [0.2, 0.25) is 5.02 Å². The molecule has 3 rings (SSSR count). The van der Waals surface area contributed by atoms with Crippen molar-refractivity contribution in [2.45, 2.75) is 10.8 Å². The minimum Gasteiger partial charge on any atom is -0.495 e. The van der Waals surface area contributed by atoms with Crippen LogP contribution in [0.25, 0.3) is 5.57 Å². The number of hydrogen-bond donors (Lipinski definition) is 1. The largest absolute Gasteiger partial charge is 0.495 e. The molecular formula is C19H15ClFNO3S2. The van der Waals surface area contributed by atoms with Gasteiger partial charge in [0.1, 0.15) is 16.5 Å². The van der Waals surface area contributed by atoms with Crippen LogP contribution in [-0.2, 0) is 10.0 Å². The number of hydrogen-bond acceptors (Lipinski definition) is 4. The van der Waals surface area contributed by atoms with E-state index >= 15 is 0 Å². The van der Waals surface area contributed by atoms with Crippen molar-refractivity contribution >= 4 is 44.3 Å². The van der Waals surface area contributed by atoms with Gasteiger partial charge in [-0.1, -0.05) is 48.1 Å². The lowest BCUT2D eigenvalue weighted by Gasteiger charge is -2.19. The number of ether oxygens (including phenoxy) is 1. The van der Waals surface area contributed by atoms with Gasteiger partial charge in [-0.15, -0.1) is 0 Å². The molecular weight excluding hydrogens is 409 g/mol. The first-order valence-corrected chi connectivity index (χ1v) is 10.1. The highest BCUT2D eigenvalue weighted by Crippen LogP contribution is 2.34. The molecule has 1 unspecified atom stereocenters. The molecule has 140 valence electrons. The van der Waals surface area contributed by atoms with E-state index < -0.39 is 20.7 Å². The van der Waals surface area contributed by atoms with E-state index in [-0.39, 0.29) is 5.92 Å². The minimum absolute atomic E-state index is 0.150. The van der Waals surface area contributed by atoms with Gasteiger partial charge in [0.05, 0.1) is 12.1 Å². The van der Waals surface area contributed by atoms with Crippen LogP contribution in [0.15, 0.2) is 59.5 Å². The van der Waals surface area contributed by atoms with Crippen LogP contribution in [0.3, 0.4) is 0 Å². The summed E-state index contributed by atoms with van der Waals surface area (Å²) in [6.07, 6.45) is 5.46. The number of methoxy groups -OCH3 is 1. The van der Waals surface area contributed by atoms with Crippen LogP contribution in [0.5, 0.6) is 5.75 Å². The fourth-order valence-electron chi connectivity index (χ4n) is 2.82. The van der Waals surface area contributed by atoms with E-state index in [2.05, 4.69) is 0 Å². The molecule has 4 nitrogen and oxygen atoms in total. The molecule has 8 heteroatoms. The topological polar surface area (TPSA) is 69.4 Å². The molecule has 1 atom stereocenters. The average Bonchev–Trinajstić information content (AvgIpc) is 2.61. The number of halogens is 2. The molecule has 0 aliphatic heterocycles. The Bertz CT molecular complexity index is 1090. The van der Waals surface area contributed by atoms with Gasteiger partial charge in [0.2, 0.25) is 10.0 Å². The molecule has 0 spiro atoms. The van der Waals surface area contributed by atoms with Crippen LogP contribution in [0.4, 0.5) is 4.39 Å². The molecule has 0 saturated heterocycles. The SMILES string of the molecule is COc1cc(C2C=CC(c3ccc(S(N)(=O)=O)c(F)c3)=CC2=S)ccc1Cl. The van der Waals surface area contributed by atoms with Crippen LogP contribution < -0.4 is 9.88 Å². The molecule has 0 radical (unpaired) electrons. The Morgan fingerprint density at radius 1 is 1.22 bits per heavy atom. The number of benzene rings is 2. The molecule has 2 aromatic carbocycles. The summed E-state index contributed by atoms with van der Waals surface area (Å²) >= 11 is 11.6. The van der Waals surface area contributed by atoms with E-state index in [4.69, 9.17) is 33.7 Å². The molecule has 0 fully saturated rings. The number of primary sulfonamides is 1. The lowest BCUT2D eigenvalue weighted by Crippen LogP contribution is -2.14. The normalized spacial score (nSPS) is 17.0. The van der Waals surface area contributed by atoms with Gasteiger partial charge >= 0.3 is 0 Å². The molecule has 27 heavy (non-hydrogen) atoms. The van der Waals surface area contributed by atoms with Gasteiger partial charge in [0.25, 0.3) is 0 Å². The third-order valence-electron chi connectivity index (χ3n) is 4.18. The number of allylic oxidation sites excluding steroid dienone is 4. The van der Waals surface area contributed by atoms with Crippen LogP contribution in [0.1, 0.15) is 17.0 Å². The average molecular weight is 424 g/mol. The summed E-state index contributed by atoms with van der Waals surface area (Å²) in [5.74, 6) is -0.496. The van der Waals surface area contributed by atoms with E-state index in [0.29, 0.717) is 26.8 Å². The van der Waals surface area contributed by atoms with E-state index in [1.807, 2.05) is 24.3 Å². The van der Waals surface area contributed by atoms with Crippen molar-refractivity contribution in [1.82, 2.24) is 0 Å². The van der Waals surface area contributed by atoms with Crippen molar-refractivity contribution in [1.29, 1.82) is 0 Å². The molecule has 1 aliphatic carbocycles. The summed E-state index contributed by atoms with van der Waals surface area (Å²) in [5.41, 5.74) is 2.10. The Kier molecular flexibility index (Phi) is 5.48. The third-order valence-corrected chi connectivity index (χ3v) is 5.81. The quantitative estimate of drug-likeness (QED) is 0.746. The molecule has 0 heterocycles. The highest BCUT2D eigenvalue weighted by atomic mass is 35.5. The second-order valence-electron chi connectivity index (χ2n) is 5.92. The van der Waals surface area contributed by atoms with Crippen molar-refractivity contribution in [3.05, 3.63) is 76.6 Å². The Labute approximate surface area is 167 Å². The number of thiocarbonyl (C=S) groups is 1. The van der Waals surface area contributed by atoms with E-state index in [1.165, 1.54) is 13.2 Å². The number of sulfonamides is 1. The van der Waals surface area contributed by atoms with E-state index in [1.54, 1.807) is 12.1 Å². The van der Waals surface area contributed by atoms with Gasteiger partial charge in [-0.2, -0.15) is 0 Å². The Morgan fingerprint density at radius 3 is 2.56 bits per heavy atom. The second-order valence-corrected chi connectivity index (χ2v) is 8.33. The second kappa shape index (κ2) is 7.52. The first kappa shape index (κ1) is 19.7. The maximum absolute atomic E-state index is 14.1. The standard InChI is InChI=1S/C19H15ClFNO3S2/c1-25-17-9-13(3-6-15(17)20)14-5-2-12(10-18(14)26)11-4-7-19(16(21)8-11)27(22,23)24/h2-10,14H,1H3,(H2,22,23,24). The predicted octanol–water partition coefficient (Wildman–Crippen LogP) is 4.24. The molecule has 1 aliphatic rings. The summed E-state index contributed by atoms with van der Waals surface area (Å²) in [7, 11) is -2.57. The van der Waals surface area contributed by atoms with Gasteiger partial charge in [-0.05, 0) is 47.0 Å². The predicted molar refractivity (Wildman–Crippen MR) is 108 cm³/mol. The van der Waals surface area contributed by atoms with E-state index in [0.717, 1.165) is 17.7 Å². The van der Waals surface area contributed by atoms with Gasteiger partial charge in [-0.3, -0.25) is 0 Å². The zero-order valence-corrected chi connectivity index (χ0v) is 16.5. The maximum Gasteiger partial charge on any atom is 0.240 e. The van der Waals surface area contributed by atoms with Crippen LogP contribution in [0, 0.1) is 5.82 Å². The van der Waals surface area contributed by atoms with Crippen molar-refractivity contribution < 1.29 is 17.5 Å². The fourth-order valence-corrected chi connectivity index (χ4v) is 3.95. The first-order valence-electron chi connectivity index (χ1n) is 7.80. The van der Waals surface area contributed by atoms with Gasteiger partial charge in [0.15, 0.2) is 0 Å². The highest BCUT2D eigenvalue weighted by Gasteiger charge is 2.20. The molecule has 0 amide bonds. The Balaban J connectivity index is 1.91. The first-order chi connectivity index (χ1) is 12.7. The lowest BCUT2D eigenvalue weighted by atomic mass is 9.88. The lowest BCUT2D eigenvalue weighted by molar-refractivity contribution is 0.414. The van der Waals surface area contributed by atoms with Crippen LogP contribution >= 0.6 is 23.8 Å². The summed E-state index contributed by atoms with van der Waals surface area (Å²) in [4.78, 5) is 0.0909. The summed E-state index contributed by atoms with van der Waals surface area (Å²) < 4.78 is 42.0. The van der Waals surface area contributed by atoms with Crippen LogP contribution in [-0.4, -0.2) is 20.4 Å². The smallest absolute Gasteiger partial charge is 0.240 e. The maximum atomic E-state index is 14.1. The Hall–Kier alpha value is -2.06. The molecule has 0 saturated carbocycles. The minimum atomic E-state index is -4.11. The third kappa shape index (κ3) is 4.11. The van der Waals surface area contributed by atoms with Gasteiger partial charge in [-0.25, -0.2) is 17.9 Å². The zero-order chi connectivity index (χ0) is 19.8. The van der Waals surface area contributed by atoms with Crippen molar-refractivity contribution in [2.24, 2.45) is 5.14 Å². The van der Waals surface area contributed by atoms with Gasteiger partial charge < -0.3 is 4.74 Å². The zero-order valence-electron chi connectivity index (χ0n) is 14.1. The molecule has 2 aromatic rings. The fraction of sp³-hybridized carbons (Fsp3) is 0.105. The van der Waals surface area contributed by atoms with Crippen molar-refractivity contribution in [3.63, 3.8) is 0 Å². The summed E-state index contributed by atoms with van der Waals surface area (Å²) in [6, 6.07) is 9.20. The monoisotopic (exact) mass is 423 g/mol. The van der Waals surface area contributed by atoms with Crippen molar-refractivity contribution in [2.75, 3.05) is 7.11 Å². The molecule has 0 aromatic heterocycles. The van der Waals surface area contributed by atoms with Crippen molar-refractivity contribution in [3.8, 4) is 5.75 Å². The molecule has 0 bridgehead atoms. The van der Waals surface area contributed by atoms with E-state index in [9.17, 15) is 12.8 Å².